The molecule has 0 aromatic carbocycles. The molecule has 0 bridgehead atoms. The lowest BCUT2D eigenvalue weighted by atomic mass is 9.81. The lowest BCUT2D eigenvalue weighted by Gasteiger charge is -2.37. The lowest BCUT2D eigenvalue weighted by Crippen LogP contribution is -2.57. The number of hydrogen-bond donors (Lipinski definition) is 1. The predicted octanol–water partition coefficient (Wildman–Crippen LogP) is 0.523. The number of likely N-dealkylation sites (N-methyl/N-ethyl adjacent to an activating group) is 1. The average Bonchev–Trinajstić information content (AvgIpc) is 2.18. The van der Waals surface area contributed by atoms with E-state index in [0.717, 1.165) is 32.1 Å². The first-order valence-corrected chi connectivity index (χ1v) is 5.05. The predicted molar refractivity (Wildman–Crippen MR) is 53.7 cm³/mol. The summed E-state index contributed by atoms with van der Waals surface area (Å²) >= 11 is 0. The molecule has 4 nitrogen and oxygen atoms in total. The summed E-state index contributed by atoms with van der Waals surface area (Å²) in [7, 11) is 3.45. The first kappa shape index (κ1) is 11.0. The van der Waals surface area contributed by atoms with Crippen LogP contribution in [0.25, 0.3) is 0 Å². The zero-order chi connectivity index (χ0) is 10.6. The van der Waals surface area contributed by atoms with Gasteiger partial charge in [0.15, 0.2) is 0 Å². The molecule has 1 saturated carbocycles. The summed E-state index contributed by atoms with van der Waals surface area (Å²) in [5.41, 5.74) is -0.622. The Labute approximate surface area is 84.7 Å². The number of rotatable bonds is 3. The van der Waals surface area contributed by atoms with Gasteiger partial charge in [-0.2, -0.15) is 0 Å². The second-order valence-corrected chi connectivity index (χ2v) is 4.10. The van der Waals surface area contributed by atoms with E-state index in [-0.39, 0.29) is 5.91 Å². The van der Waals surface area contributed by atoms with Crippen LogP contribution in [-0.4, -0.2) is 36.9 Å². The Morgan fingerprint density at radius 2 is 1.86 bits per heavy atom. The van der Waals surface area contributed by atoms with Crippen LogP contribution in [0.2, 0.25) is 0 Å². The second kappa shape index (κ2) is 4.44. The van der Waals surface area contributed by atoms with Gasteiger partial charge in [0.25, 0.3) is 0 Å². The van der Waals surface area contributed by atoms with Crippen molar-refractivity contribution >= 4 is 12.3 Å². The highest BCUT2D eigenvalue weighted by atomic mass is 16.2. The maximum absolute atomic E-state index is 11.9. The van der Waals surface area contributed by atoms with E-state index in [2.05, 4.69) is 5.32 Å². The molecule has 1 aliphatic carbocycles. The Bertz CT molecular complexity index is 220. The molecule has 0 aliphatic heterocycles. The van der Waals surface area contributed by atoms with Gasteiger partial charge in [0.05, 0.1) is 0 Å². The first-order chi connectivity index (χ1) is 6.62. The topological polar surface area (TPSA) is 49.4 Å². The third-order valence-electron chi connectivity index (χ3n) is 2.86. The van der Waals surface area contributed by atoms with Crippen LogP contribution in [0.3, 0.4) is 0 Å². The number of carbonyl (C=O) groups is 2. The van der Waals surface area contributed by atoms with Crippen LogP contribution in [-0.2, 0) is 9.59 Å². The van der Waals surface area contributed by atoms with Crippen molar-refractivity contribution in [3.05, 3.63) is 0 Å². The monoisotopic (exact) mass is 198 g/mol. The van der Waals surface area contributed by atoms with Gasteiger partial charge >= 0.3 is 0 Å². The molecule has 0 radical (unpaired) electrons. The normalized spacial score (nSPS) is 19.9. The minimum absolute atomic E-state index is 0.0179. The molecule has 0 atom stereocenters. The second-order valence-electron chi connectivity index (χ2n) is 4.10. The van der Waals surface area contributed by atoms with Crippen LogP contribution in [0.15, 0.2) is 0 Å². The van der Waals surface area contributed by atoms with Gasteiger partial charge in [0.2, 0.25) is 12.3 Å². The molecule has 0 spiro atoms. The number of amides is 2. The molecule has 0 aromatic heterocycles. The molecule has 4 heteroatoms. The summed E-state index contributed by atoms with van der Waals surface area (Å²) in [5.74, 6) is 0.0179. The van der Waals surface area contributed by atoms with Crippen molar-refractivity contribution in [2.24, 2.45) is 0 Å². The lowest BCUT2D eigenvalue weighted by molar-refractivity contribution is -0.139. The summed E-state index contributed by atoms with van der Waals surface area (Å²) in [5, 5.41) is 2.71. The van der Waals surface area contributed by atoms with E-state index in [1.54, 1.807) is 19.0 Å². The molecule has 1 N–H and O–H groups in total. The molecule has 2 amide bonds. The molecule has 0 unspecified atom stereocenters. The van der Waals surface area contributed by atoms with E-state index in [4.69, 9.17) is 0 Å². The van der Waals surface area contributed by atoms with Crippen LogP contribution in [0.5, 0.6) is 0 Å². The molecule has 1 aliphatic rings. The third kappa shape index (κ3) is 2.05. The molecule has 0 aromatic rings. The van der Waals surface area contributed by atoms with E-state index in [9.17, 15) is 9.59 Å². The van der Waals surface area contributed by atoms with Gasteiger partial charge in [0, 0.05) is 14.1 Å². The molecule has 0 saturated heterocycles. The third-order valence-corrected chi connectivity index (χ3v) is 2.86. The van der Waals surface area contributed by atoms with Gasteiger partial charge in [-0.3, -0.25) is 9.59 Å². The number of carbonyl (C=O) groups excluding carboxylic acids is 2. The van der Waals surface area contributed by atoms with E-state index >= 15 is 0 Å². The fraction of sp³-hybridized carbons (Fsp3) is 0.800. The van der Waals surface area contributed by atoms with Gasteiger partial charge in [-0.15, -0.1) is 0 Å². The van der Waals surface area contributed by atoms with Crippen LogP contribution in [0.4, 0.5) is 0 Å². The van der Waals surface area contributed by atoms with Gasteiger partial charge < -0.3 is 10.2 Å². The highest BCUT2D eigenvalue weighted by Crippen LogP contribution is 2.29. The van der Waals surface area contributed by atoms with Crippen LogP contribution in [0, 0.1) is 0 Å². The minimum Gasteiger partial charge on any atom is -0.347 e. The van der Waals surface area contributed by atoms with E-state index in [1.165, 1.54) is 0 Å². The molecule has 80 valence electrons. The van der Waals surface area contributed by atoms with Gasteiger partial charge in [-0.1, -0.05) is 19.3 Å². The van der Waals surface area contributed by atoms with Crippen LogP contribution >= 0.6 is 0 Å². The standard InChI is InChI=1S/C10H18N2O2/c1-12(2)9(14)10(11-8-13)6-4-3-5-7-10/h8H,3-7H2,1-2H3,(H,11,13). The number of nitrogens with zero attached hydrogens (tertiary/aromatic N) is 1. The SMILES string of the molecule is CN(C)C(=O)C1(NC=O)CCCCC1. The number of hydrogen-bond acceptors (Lipinski definition) is 2. The summed E-state index contributed by atoms with van der Waals surface area (Å²) in [6, 6.07) is 0. The van der Waals surface area contributed by atoms with Gasteiger partial charge in [-0.05, 0) is 12.8 Å². The quantitative estimate of drug-likeness (QED) is 0.672. The zero-order valence-electron chi connectivity index (χ0n) is 8.88. The fourth-order valence-corrected chi connectivity index (χ4v) is 2.12. The largest absolute Gasteiger partial charge is 0.347 e. The maximum Gasteiger partial charge on any atom is 0.247 e. The van der Waals surface area contributed by atoms with Crippen LogP contribution in [0.1, 0.15) is 32.1 Å². The smallest absolute Gasteiger partial charge is 0.247 e. The van der Waals surface area contributed by atoms with Crippen molar-refractivity contribution in [2.75, 3.05) is 14.1 Å². The summed E-state index contributed by atoms with van der Waals surface area (Å²) < 4.78 is 0. The molecule has 0 heterocycles. The van der Waals surface area contributed by atoms with Crippen molar-refractivity contribution in [3.63, 3.8) is 0 Å². The fourth-order valence-electron chi connectivity index (χ4n) is 2.12. The van der Waals surface area contributed by atoms with E-state index in [0.29, 0.717) is 6.41 Å². The molecule has 1 rings (SSSR count). The van der Waals surface area contributed by atoms with E-state index < -0.39 is 5.54 Å². The van der Waals surface area contributed by atoms with Crippen molar-refractivity contribution in [2.45, 2.75) is 37.6 Å². The first-order valence-electron chi connectivity index (χ1n) is 5.05. The average molecular weight is 198 g/mol. The van der Waals surface area contributed by atoms with Gasteiger partial charge in [0.1, 0.15) is 5.54 Å². The highest BCUT2D eigenvalue weighted by molar-refractivity contribution is 5.88. The maximum atomic E-state index is 11.9. The Balaban J connectivity index is 2.78. The van der Waals surface area contributed by atoms with E-state index in [1.807, 2.05) is 0 Å². The number of nitrogens with one attached hydrogen (secondary N) is 1. The summed E-state index contributed by atoms with van der Waals surface area (Å²) in [6.45, 7) is 0. The zero-order valence-corrected chi connectivity index (χ0v) is 8.88. The molecule has 1 fully saturated rings. The Morgan fingerprint density at radius 1 is 1.29 bits per heavy atom. The Morgan fingerprint density at radius 3 is 2.29 bits per heavy atom. The van der Waals surface area contributed by atoms with Gasteiger partial charge in [-0.25, -0.2) is 0 Å². The molecule has 14 heavy (non-hydrogen) atoms. The summed E-state index contributed by atoms with van der Waals surface area (Å²) in [6.07, 6.45) is 5.36. The van der Waals surface area contributed by atoms with Crippen molar-refractivity contribution < 1.29 is 9.59 Å². The summed E-state index contributed by atoms with van der Waals surface area (Å²) in [4.78, 5) is 24.0. The van der Waals surface area contributed by atoms with Crippen LogP contribution < -0.4 is 5.32 Å². The highest BCUT2D eigenvalue weighted by Gasteiger charge is 2.39. The molecular formula is C10H18N2O2. The molecular weight excluding hydrogens is 180 g/mol. The Kier molecular flexibility index (Phi) is 3.49. The minimum atomic E-state index is -0.622. The van der Waals surface area contributed by atoms with Crippen molar-refractivity contribution in [3.8, 4) is 0 Å². The van der Waals surface area contributed by atoms with Crippen molar-refractivity contribution in [1.29, 1.82) is 0 Å². The Hall–Kier alpha value is -1.06. The van der Waals surface area contributed by atoms with Crippen molar-refractivity contribution in [1.82, 2.24) is 10.2 Å².